The van der Waals surface area contributed by atoms with E-state index >= 15 is 0 Å². The first-order valence-corrected chi connectivity index (χ1v) is 3.72. The highest BCUT2D eigenvalue weighted by molar-refractivity contribution is 5.85. The fourth-order valence-electron chi connectivity index (χ4n) is 0.902. The molecule has 14 heavy (non-hydrogen) atoms. The largest absolute Gasteiger partial charge is 0.390 e. The summed E-state index contributed by atoms with van der Waals surface area (Å²) in [6, 6.07) is 1.45. The third-order valence-corrected chi connectivity index (χ3v) is 1.71. The van der Waals surface area contributed by atoms with Gasteiger partial charge in [0, 0.05) is 12.4 Å². The Kier molecular flexibility index (Phi) is 4.90. The van der Waals surface area contributed by atoms with Crippen molar-refractivity contribution in [2.75, 3.05) is 6.61 Å². The second-order valence-corrected chi connectivity index (χ2v) is 2.68. The fraction of sp³-hybridized carbons (Fsp3) is 0.375. The average Bonchev–Trinajstić information content (AvgIpc) is 2.18. The number of hydrogen-bond donors (Lipinski definition) is 2. The van der Waals surface area contributed by atoms with Gasteiger partial charge in [0.25, 0.3) is 5.92 Å². The lowest BCUT2D eigenvalue weighted by Crippen LogP contribution is -2.36. The number of nitrogens with two attached hydrogens (primary N) is 1. The van der Waals surface area contributed by atoms with Gasteiger partial charge in [0.1, 0.15) is 6.61 Å². The van der Waals surface area contributed by atoms with Crippen LogP contribution in [-0.4, -0.2) is 22.6 Å². The fourth-order valence-corrected chi connectivity index (χ4v) is 0.902. The zero-order chi connectivity index (χ0) is 9.90. The third kappa shape index (κ3) is 2.87. The van der Waals surface area contributed by atoms with Crippen molar-refractivity contribution in [2.45, 2.75) is 12.0 Å². The lowest BCUT2D eigenvalue weighted by atomic mass is 10.0. The smallest absolute Gasteiger partial charge is 0.289 e. The van der Waals surface area contributed by atoms with Gasteiger partial charge in [-0.25, -0.2) is 8.78 Å². The molecular formula is C8H11ClF2N2O. The van der Waals surface area contributed by atoms with Crippen molar-refractivity contribution in [1.82, 2.24) is 4.98 Å². The summed E-state index contributed by atoms with van der Waals surface area (Å²) in [6.07, 6.45) is 2.72. The molecule has 0 amide bonds. The lowest BCUT2D eigenvalue weighted by molar-refractivity contribution is -0.0712. The van der Waals surface area contributed by atoms with Crippen molar-refractivity contribution >= 4 is 12.4 Å². The molecule has 0 aliphatic carbocycles. The van der Waals surface area contributed by atoms with Crippen molar-refractivity contribution in [1.29, 1.82) is 0 Å². The van der Waals surface area contributed by atoms with E-state index in [0.717, 1.165) is 0 Å². The van der Waals surface area contributed by atoms with Crippen LogP contribution in [0.25, 0.3) is 0 Å². The lowest BCUT2D eigenvalue weighted by Gasteiger charge is -2.20. The quantitative estimate of drug-likeness (QED) is 0.809. The Morgan fingerprint density at radius 1 is 1.57 bits per heavy atom. The van der Waals surface area contributed by atoms with E-state index < -0.39 is 18.6 Å². The molecule has 0 saturated heterocycles. The molecule has 1 rings (SSSR count). The normalized spacial score (nSPS) is 13.1. The molecule has 1 heterocycles. The van der Waals surface area contributed by atoms with E-state index in [2.05, 4.69) is 4.98 Å². The molecular weight excluding hydrogens is 214 g/mol. The highest BCUT2D eigenvalue weighted by Gasteiger charge is 2.37. The van der Waals surface area contributed by atoms with Gasteiger partial charge in [-0.05, 0) is 11.6 Å². The molecule has 3 nitrogen and oxygen atoms in total. The first kappa shape index (κ1) is 13.2. The summed E-state index contributed by atoms with van der Waals surface area (Å²) in [6.45, 7) is -1.26. The molecule has 3 N–H and O–H groups in total. The van der Waals surface area contributed by atoms with Crippen LogP contribution in [0.3, 0.4) is 0 Å². The summed E-state index contributed by atoms with van der Waals surface area (Å²) in [7, 11) is 0. The van der Waals surface area contributed by atoms with E-state index in [1.54, 1.807) is 0 Å². The minimum atomic E-state index is -3.30. The molecule has 0 saturated carbocycles. The van der Waals surface area contributed by atoms with E-state index in [-0.39, 0.29) is 18.0 Å². The zero-order valence-electron chi connectivity index (χ0n) is 7.23. The van der Waals surface area contributed by atoms with Crippen LogP contribution in [0.1, 0.15) is 11.6 Å². The van der Waals surface area contributed by atoms with Gasteiger partial charge in [-0.2, -0.15) is 0 Å². The highest BCUT2D eigenvalue weighted by Crippen LogP contribution is 2.27. The molecule has 0 bridgehead atoms. The molecule has 1 aromatic rings. The summed E-state index contributed by atoms with van der Waals surface area (Å²) in [5, 5.41) is 8.38. The third-order valence-electron chi connectivity index (χ3n) is 1.71. The Labute approximate surface area is 86.4 Å². The van der Waals surface area contributed by atoms with Crippen molar-refractivity contribution < 1.29 is 13.9 Å². The number of pyridine rings is 1. The van der Waals surface area contributed by atoms with Crippen LogP contribution in [0.4, 0.5) is 8.78 Å². The Hall–Kier alpha value is -0.780. The van der Waals surface area contributed by atoms with Gasteiger partial charge >= 0.3 is 0 Å². The molecule has 0 unspecified atom stereocenters. The molecule has 0 aliphatic rings. The summed E-state index contributed by atoms with van der Waals surface area (Å²) in [5.74, 6) is -3.30. The van der Waals surface area contributed by atoms with Gasteiger partial charge < -0.3 is 10.8 Å². The van der Waals surface area contributed by atoms with Gasteiger partial charge in [-0.15, -0.1) is 12.4 Å². The average molecular weight is 225 g/mol. The van der Waals surface area contributed by atoms with Crippen molar-refractivity contribution in [3.63, 3.8) is 0 Å². The zero-order valence-corrected chi connectivity index (χ0v) is 8.05. The number of nitrogens with zero attached hydrogens (tertiary/aromatic N) is 1. The summed E-state index contributed by atoms with van der Waals surface area (Å²) in [4.78, 5) is 3.66. The van der Waals surface area contributed by atoms with Crippen LogP contribution in [0.15, 0.2) is 24.5 Å². The predicted molar refractivity (Wildman–Crippen MR) is 50.4 cm³/mol. The van der Waals surface area contributed by atoms with E-state index in [1.807, 2.05) is 0 Å². The van der Waals surface area contributed by atoms with Gasteiger partial charge in [-0.1, -0.05) is 6.07 Å². The number of hydrogen-bond acceptors (Lipinski definition) is 3. The van der Waals surface area contributed by atoms with Crippen LogP contribution in [0.5, 0.6) is 0 Å². The number of aliphatic hydroxyl groups excluding tert-OH is 1. The highest BCUT2D eigenvalue weighted by atomic mass is 35.5. The van der Waals surface area contributed by atoms with Crippen LogP contribution >= 0.6 is 12.4 Å². The molecule has 1 aromatic heterocycles. The number of rotatable bonds is 3. The maximum Gasteiger partial charge on any atom is 0.289 e. The Morgan fingerprint density at radius 2 is 2.21 bits per heavy atom. The maximum atomic E-state index is 12.8. The summed E-state index contributed by atoms with van der Waals surface area (Å²) in [5.41, 5.74) is 5.44. The topological polar surface area (TPSA) is 59.1 Å². The second-order valence-electron chi connectivity index (χ2n) is 2.68. The Bertz CT molecular complexity index is 271. The number of halogens is 3. The first-order valence-electron chi connectivity index (χ1n) is 3.72. The number of alkyl halides is 2. The predicted octanol–water partition coefficient (Wildman–Crippen LogP) is 1.13. The molecule has 6 heteroatoms. The van der Waals surface area contributed by atoms with Crippen molar-refractivity contribution in [3.8, 4) is 0 Å². The monoisotopic (exact) mass is 224 g/mol. The molecule has 0 radical (unpaired) electrons. The molecule has 0 aliphatic heterocycles. The summed E-state index contributed by atoms with van der Waals surface area (Å²) >= 11 is 0. The second kappa shape index (κ2) is 5.19. The molecule has 0 fully saturated rings. The van der Waals surface area contributed by atoms with Gasteiger partial charge in [0.2, 0.25) is 0 Å². The van der Waals surface area contributed by atoms with Crippen LogP contribution < -0.4 is 5.73 Å². The standard InChI is InChI=1S/C8H10F2N2O.ClH/c9-8(10,5-13)7(11)6-2-1-3-12-4-6;/h1-4,7,13H,5,11H2;1H/t7-;/m0./s1. The molecule has 0 spiro atoms. The van der Waals surface area contributed by atoms with Gasteiger partial charge in [0.15, 0.2) is 0 Å². The van der Waals surface area contributed by atoms with Crippen LogP contribution in [0, 0.1) is 0 Å². The molecule has 0 aromatic carbocycles. The molecule has 80 valence electrons. The maximum absolute atomic E-state index is 12.8. The van der Waals surface area contributed by atoms with Crippen LogP contribution in [0.2, 0.25) is 0 Å². The Morgan fingerprint density at radius 3 is 2.64 bits per heavy atom. The molecule has 1 atom stereocenters. The van der Waals surface area contributed by atoms with Gasteiger partial charge in [-0.3, -0.25) is 4.98 Å². The van der Waals surface area contributed by atoms with E-state index in [9.17, 15) is 8.78 Å². The Balaban J connectivity index is 0.00000169. The number of aliphatic hydroxyl groups is 1. The number of aromatic nitrogens is 1. The van der Waals surface area contributed by atoms with Crippen molar-refractivity contribution in [3.05, 3.63) is 30.1 Å². The van der Waals surface area contributed by atoms with Gasteiger partial charge in [0.05, 0.1) is 6.04 Å². The van der Waals surface area contributed by atoms with E-state index in [0.29, 0.717) is 0 Å². The summed E-state index contributed by atoms with van der Waals surface area (Å²) < 4.78 is 25.7. The van der Waals surface area contributed by atoms with E-state index in [4.69, 9.17) is 10.8 Å². The SMILES string of the molecule is Cl.N[C@@H](c1cccnc1)C(F)(F)CO. The minimum absolute atomic E-state index is 0. The first-order chi connectivity index (χ1) is 6.08. The van der Waals surface area contributed by atoms with E-state index in [1.165, 1.54) is 24.5 Å². The van der Waals surface area contributed by atoms with Crippen LogP contribution in [-0.2, 0) is 0 Å². The van der Waals surface area contributed by atoms with Crippen molar-refractivity contribution in [2.24, 2.45) is 5.73 Å². The minimum Gasteiger partial charge on any atom is -0.390 e.